The van der Waals surface area contributed by atoms with Gasteiger partial charge in [0.05, 0.1) is 13.1 Å². The van der Waals surface area contributed by atoms with Crippen molar-refractivity contribution in [2.24, 2.45) is 0 Å². The minimum absolute atomic E-state index is 0.296. The van der Waals surface area contributed by atoms with E-state index in [1.807, 2.05) is 32.9 Å². The van der Waals surface area contributed by atoms with E-state index in [2.05, 4.69) is 12.1 Å². The normalized spacial score (nSPS) is 21.0. The molecule has 120 valence electrons. The van der Waals surface area contributed by atoms with E-state index in [1.165, 1.54) is 24.8 Å². The van der Waals surface area contributed by atoms with Crippen molar-refractivity contribution in [1.29, 1.82) is 0 Å². The lowest BCUT2D eigenvalue weighted by atomic mass is 9.78. The molecular weight excluding hydrogens is 278 g/mol. The Morgan fingerprint density at radius 2 is 1.82 bits per heavy atom. The number of nitrogens with zero attached hydrogens (tertiary/aromatic N) is 1. The number of benzene rings is 1. The van der Waals surface area contributed by atoms with Gasteiger partial charge in [0.2, 0.25) is 0 Å². The van der Waals surface area contributed by atoms with Crippen LogP contribution < -0.4 is 0 Å². The lowest BCUT2D eigenvalue weighted by Crippen LogP contribution is -2.61. The van der Waals surface area contributed by atoms with Crippen LogP contribution in [0.25, 0.3) is 0 Å². The summed E-state index contributed by atoms with van der Waals surface area (Å²) >= 11 is 0. The molecule has 4 heteroatoms. The van der Waals surface area contributed by atoms with Gasteiger partial charge in [-0.2, -0.15) is 0 Å². The summed E-state index contributed by atoms with van der Waals surface area (Å²) in [5.41, 5.74) is 0.807. The van der Waals surface area contributed by atoms with E-state index in [9.17, 15) is 9.90 Å². The summed E-state index contributed by atoms with van der Waals surface area (Å²) in [5.74, 6) is 0.698. The third-order valence-corrected chi connectivity index (χ3v) is 4.58. The summed E-state index contributed by atoms with van der Waals surface area (Å²) in [6.45, 7) is 6.12. The van der Waals surface area contributed by atoms with Crippen LogP contribution in [0.1, 0.15) is 57.1 Å². The van der Waals surface area contributed by atoms with Crippen LogP contribution in [0.2, 0.25) is 0 Å². The lowest BCUT2D eigenvalue weighted by Gasteiger charge is -2.46. The van der Waals surface area contributed by atoms with Crippen LogP contribution in [0.4, 0.5) is 4.79 Å². The molecule has 0 unspecified atom stereocenters. The highest BCUT2D eigenvalue weighted by Gasteiger charge is 2.46. The van der Waals surface area contributed by atoms with Gasteiger partial charge in [-0.25, -0.2) is 4.79 Å². The molecule has 0 radical (unpaired) electrons. The molecule has 1 aliphatic carbocycles. The van der Waals surface area contributed by atoms with Gasteiger partial charge in [0.25, 0.3) is 0 Å². The number of rotatable bonds is 2. The first-order valence-electron chi connectivity index (χ1n) is 8.08. The van der Waals surface area contributed by atoms with E-state index in [0.717, 1.165) is 5.56 Å². The van der Waals surface area contributed by atoms with E-state index >= 15 is 0 Å². The summed E-state index contributed by atoms with van der Waals surface area (Å²) < 4.78 is 5.32. The van der Waals surface area contributed by atoms with Gasteiger partial charge >= 0.3 is 6.09 Å². The molecule has 1 saturated carbocycles. The molecule has 0 aromatic heterocycles. The van der Waals surface area contributed by atoms with Crippen LogP contribution in [-0.4, -0.2) is 34.8 Å². The second-order valence-electron chi connectivity index (χ2n) is 7.62. The Labute approximate surface area is 132 Å². The van der Waals surface area contributed by atoms with E-state index in [4.69, 9.17) is 4.74 Å². The molecule has 0 spiro atoms. The number of carbonyl (C=O) groups excluding carboxylic acids is 1. The first-order valence-corrected chi connectivity index (χ1v) is 8.08. The molecule has 2 fully saturated rings. The van der Waals surface area contributed by atoms with Crippen molar-refractivity contribution in [3.8, 4) is 0 Å². The molecule has 4 nitrogen and oxygen atoms in total. The SMILES string of the molecule is CC(C)(C)OC(=O)N1CC(O)(c2ccc(C3CCC3)cc2)C1. The van der Waals surface area contributed by atoms with E-state index < -0.39 is 11.2 Å². The first-order chi connectivity index (χ1) is 10.3. The standard InChI is InChI=1S/C18H25NO3/c1-17(2,3)22-16(20)19-11-18(21,12-19)15-9-7-14(8-10-15)13-5-4-6-13/h7-10,13,21H,4-6,11-12H2,1-3H3. The van der Waals surface area contributed by atoms with Crippen molar-refractivity contribution in [3.05, 3.63) is 35.4 Å². The molecule has 22 heavy (non-hydrogen) atoms. The second kappa shape index (κ2) is 5.27. The van der Waals surface area contributed by atoms with Gasteiger partial charge in [0.15, 0.2) is 0 Å². The van der Waals surface area contributed by atoms with Gasteiger partial charge in [0, 0.05) is 0 Å². The van der Waals surface area contributed by atoms with Crippen molar-refractivity contribution in [2.75, 3.05) is 13.1 Å². The Bertz CT molecular complexity index is 549. The van der Waals surface area contributed by atoms with Crippen molar-refractivity contribution in [1.82, 2.24) is 4.90 Å². The summed E-state index contributed by atoms with van der Waals surface area (Å²) in [5, 5.41) is 10.7. The van der Waals surface area contributed by atoms with Crippen LogP contribution in [0.15, 0.2) is 24.3 Å². The van der Waals surface area contributed by atoms with E-state index in [0.29, 0.717) is 19.0 Å². The van der Waals surface area contributed by atoms with Crippen molar-refractivity contribution < 1.29 is 14.6 Å². The second-order valence-corrected chi connectivity index (χ2v) is 7.62. The molecule has 2 aliphatic rings. The monoisotopic (exact) mass is 303 g/mol. The summed E-state index contributed by atoms with van der Waals surface area (Å²) in [6.07, 6.45) is 3.51. The zero-order chi connectivity index (χ0) is 16.0. The Hall–Kier alpha value is -1.55. The maximum atomic E-state index is 11.9. The predicted molar refractivity (Wildman–Crippen MR) is 84.7 cm³/mol. The van der Waals surface area contributed by atoms with Crippen LogP contribution >= 0.6 is 0 Å². The maximum absolute atomic E-state index is 11.9. The summed E-state index contributed by atoms with van der Waals surface area (Å²) in [4.78, 5) is 13.5. The highest BCUT2D eigenvalue weighted by molar-refractivity contribution is 5.70. The average molecular weight is 303 g/mol. The van der Waals surface area contributed by atoms with Gasteiger partial charge in [-0.05, 0) is 50.7 Å². The minimum atomic E-state index is -0.935. The number of β-amino-alcohol motifs (C(OH)–C–C–N with tert-alkyl or cyclic N) is 1. The fourth-order valence-corrected chi connectivity index (χ4v) is 3.03. The maximum Gasteiger partial charge on any atom is 0.410 e. The lowest BCUT2D eigenvalue weighted by molar-refractivity contribution is -0.103. The summed E-state index contributed by atoms with van der Waals surface area (Å²) in [6, 6.07) is 8.24. The molecule has 1 N–H and O–H groups in total. The highest BCUT2D eigenvalue weighted by Crippen LogP contribution is 2.38. The molecule has 0 bridgehead atoms. The van der Waals surface area contributed by atoms with E-state index in [-0.39, 0.29) is 6.09 Å². The number of amides is 1. The Balaban J connectivity index is 1.60. The van der Waals surface area contributed by atoms with Gasteiger partial charge in [-0.1, -0.05) is 30.7 Å². The molecule has 1 amide bonds. The molecular formula is C18H25NO3. The number of hydrogen-bond donors (Lipinski definition) is 1. The van der Waals surface area contributed by atoms with Crippen LogP contribution in [0.5, 0.6) is 0 Å². The largest absolute Gasteiger partial charge is 0.444 e. The molecule has 1 aromatic rings. The number of aliphatic hydroxyl groups is 1. The Morgan fingerprint density at radius 3 is 2.27 bits per heavy atom. The van der Waals surface area contributed by atoms with Crippen LogP contribution in [-0.2, 0) is 10.3 Å². The molecule has 3 rings (SSSR count). The molecule has 1 aliphatic heterocycles. The molecule has 0 atom stereocenters. The van der Waals surface area contributed by atoms with Crippen molar-refractivity contribution >= 4 is 6.09 Å². The van der Waals surface area contributed by atoms with Crippen LogP contribution in [0.3, 0.4) is 0 Å². The Morgan fingerprint density at radius 1 is 1.23 bits per heavy atom. The number of ether oxygens (including phenoxy) is 1. The highest BCUT2D eigenvalue weighted by atomic mass is 16.6. The fourth-order valence-electron chi connectivity index (χ4n) is 3.03. The molecule has 1 aromatic carbocycles. The first kappa shape index (κ1) is 15.3. The number of likely N-dealkylation sites (tertiary alicyclic amines) is 1. The predicted octanol–water partition coefficient (Wildman–Crippen LogP) is 3.39. The summed E-state index contributed by atoms with van der Waals surface area (Å²) in [7, 11) is 0. The average Bonchev–Trinajstić information content (AvgIpc) is 2.31. The fraction of sp³-hybridized carbons (Fsp3) is 0.611. The van der Waals surface area contributed by atoms with Crippen molar-refractivity contribution in [3.63, 3.8) is 0 Å². The smallest absolute Gasteiger partial charge is 0.410 e. The van der Waals surface area contributed by atoms with E-state index in [1.54, 1.807) is 4.90 Å². The van der Waals surface area contributed by atoms with Gasteiger partial charge in [-0.3, -0.25) is 0 Å². The van der Waals surface area contributed by atoms with Crippen molar-refractivity contribution in [2.45, 2.75) is 57.2 Å². The Kier molecular flexibility index (Phi) is 3.68. The van der Waals surface area contributed by atoms with Gasteiger partial charge in [0.1, 0.15) is 11.2 Å². The molecule has 1 heterocycles. The van der Waals surface area contributed by atoms with Gasteiger partial charge < -0.3 is 14.7 Å². The zero-order valence-corrected chi connectivity index (χ0v) is 13.6. The number of carbonyl (C=O) groups is 1. The number of hydrogen-bond acceptors (Lipinski definition) is 3. The minimum Gasteiger partial charge on any atom is -0.444 e. The topological polar surface area (TPSA) is 49.8 Å². The van der Waals surface area contributed by atoms with Gasteiger partial charge in [-0.15, -0.1) is 0 Å². The zero-order valence-electron chi connectivity index (χ0n) is 13.6. The molecule has 1 saturated heterocycles. The van der Waals surface area contributed by atoms with Crippen LogP contribution in [0, 0.1) is 0 Å². The third-order valence-electron chi connectivity index (χ3n) is 4.58. The quantitative estimate of drug-likeness (QED) is 0.911. The third kappa shape index (κ3) is 2.98.